The van der Waals surface area contributed by atoms with E-state index in [0.29, 0.717) is 0 Å². The molecule has 0 amide bonds. The topological polar surface area (TPSA) is 40.7 Å². The first kappa shape index (κ1) is 11.2. The molecule has 1 heterocycles. The van der Waals surface area contributed by atoms with Crippen molar-refractivity contribution in [3.63, 3.8) is 0 Å². The van der Waals surface area contributed by atoms with E-state index in [1.165, 1.54) is 0 Å². The Labute approximate surface area is 103 Å². The van der Waals surface area contributed by atoms with Crippen LogP contribution in [0, 0.1) is 13.8 Å². The number of nitrogens with one attached hydrogen (secondary N) is 2. The molecule has 2 N–H and O–H groups in total. The summed E-state index contributed by atoms with van der Waals surface area (Å²) in [6.07, 6.45) is 0. The van der Waals surface area contributed by atoms with Crippen molar-refractivity contribution >= 4 is 21.6 Å². The predicted molar refractivity (Wildman–Crippen MR) is 69.5 cm³/mol. The lowest BCUT2D eigenvalue weighted by molar-refractivity contribution is 0.987. The third-order valence-electron chi connectivity index (χ3n) is 2.48. The minimum atomic E-state index is 0.719. The molecule has 84 valence electrons. The summed E-state index contributed by atoms with van der Waals surface area (Å²) < 4.78 is 1.09. The molecule has 2 aromatic rings. The van der Waals surface area contributed by atoms with Gasteiger partial charge in [0, 0.05) is 15.9 Å². The van der Waals surface area contributed by atoms with Crippen LogP contribution in [0.1, 0.15) is 17.2 Å². The highest BCUT2D eigenvalue weighted by molar-refractivity contribution is 9.10. The van der Waals surface area contributed by atoms with Gasteiger partial charge >= 0.3 is 0 Å². The number of aryl methyl sites for hydroxylation is 2. The van der Waals surface area contributed by atoms with Crippen molar-refractivity contribution in [3.05, 3.63) is 46.0 Å². The quantitative estimate of drug-likeness (QED) is 0.904. The average Bonchev–Trinajstić information content (AvgIpc) is 2.58. The van der Waals surface area contributed by atoms with Crippen LogP contribution in [0.3, 0.4) is 0 Å². The number of benzene rings is 1. The van der Waals surface area contributed by atoms with Crippen molar-refractivity contribution < 1.29 is 0 Å². The van der Waals surface area contributed by atoms with Crippen LogP contribution in [0.2, 0.25) is 0 Å². The van der Waals surface area contributed by atoms with Crippen LogP contribution in [0.15, 0.2) is 28.7 Å². The lowest BCUT2D eigenvalue weighted by Crippen LogP contribution is -2.00. The number of H-pyrrole nitrogens is 1. The second-order valence-corrected chi connectivity index (χ2v) is 4.67. The number of hydrogen-bond donors (Lipinski definition) is 2. The Morgan fingerprint density at radius 3 is 2.50 bits per heavy atom. The molecule has 0 saturated carbocycles. The first-order valence-corrected chi connectivity index (χ1v) is 5.96. The number of nitrogens with zero attached hydrogens (tertiary/aromatic N) is 1. The largest absolute Gasteiger partial charge is 0.378 e. The van der Waals surface area contributed by atoms with Gasteiger partial charge in [0.15, 0.2) is 0 Å². The SMILES string of the molecule is Cc1nc(CNc2ccc(Br)cc2)[nH]c1C. The van der Waals surface area contributed by atoms with Gasteiger partial charge in [-0.15, -0.1) is 0 Å². The molecule has 2 rings (SSSR count). The zero-order valence-electron chi connectivity index (χ0n) is 9.34. The Hall–Kier alpha value is -1.29. The average molecular weight is 280 g/mol. The lowest BCUT2D eigenvalue weighted by atomic mass is 10.3. The number of imidazole rings is 1. The fraction of sp³-hybridized carbons (Fsp3) is 0.250. The molecule has 3 nitrogen and oxygen atoms in total. The van der Waals surface area contributed by atoms with E-state index < -0.39 is 0 Å². The highest BCUT2D eigenvalue weighted by Crippen LogP contribution is 2.14. The number of halogens is 1. The standard InChI is InChI=1S/C12H14BrN3/c1-8-9(2)16-12(15-8)7-14-11-5-3-10(13)4-6-11/h3-6,14H,7H2,1-2H3,(H,15,16). The van der Waals surface area contributed by atoms with Gasteiger partial charge in [0.1, 0.15) is 5.82 Å². The molecule has 1 aromatic heterocycles. The summed E-state index contributed by atoms with van der Waals surface area (Å²) in [6.45, 7) is 4.76. The number of rotatable bonds is 3. The predicted octanol–water partition coefficient (Wildman–Crippen LogP) is 3.40. The Balaban J connectivity index is 1.99. The highest BCUT2D eigenvalue weighted by Gasteiger charge is 2.01. The maximum atomic E-state index is 4.42. The smallest absolute Gasteiger partial charge is 0.125 e. The number of hydrogen-bond acceptors (Lipinski definition) is 2. The lowest BCUT2D eigenvalue weighted by Gasteiger charge is -2.03. The minimum absolute atomic E-state index is 0.719. The number of anilines is 1. The Kier molecular flexibility index (Phi) is 3.29. The van der Waals surface area contributed by atoms with Crippen LogP contribution in [-0.4, -0.2) is 9.97 Å². The van der Waals surface area contributed by atoms with Gasteiger partial charge < -0.3 is 10.3 Å². The van der Waals surface area contributed by atoms with Gasteiger partial charge in [-0.3, -0.25) is 0 Å². The molecule has 4 heteroatoms. The monoisotopic (exact) mass is 279 g/mol. The second-order valence-electron chi connectivity index (χ2n) is 3.75. The van der Waals surface area contributed by atoms with Gasteiger partial charge in [-0.2, -0.15) is 0 Å². The van der Waals surface area contributed by atoms with E-state index in [1.807, 2.05) is 38.1 Å². The molecule has 0 unspecified atom stereocenters. The van der Waals surface area contributed by atoms with E-state index in [4.69, 9.17) is 0 Å². The summed E-state index contributed by atoms with van der Waals surface area (Å²) >= 11 is 3.41. The molecule has 0 aliphatic heterocycles. The molecule has 0 spiro atoms. The molecule has 0 bridgehead atoms. The van der Waals surface area contributed by atoms with Crippen molar-refractivity contribution in [2.75, 3.05) is 5.32 Å². The van der Waals surface area contributed by atoms with Gasteiger partial charge in [-0.05, 0) is 38.1 Å². The maximum absolute atomic E-state index is 4.42. The van der Waals surface area contributed by atoms with Gasteiger partial charge in [0.2, 0.25) is 0 Å². The van der Waals surface area contributed by atoms with Crippen LogP contribution in [0.5, 0.6) is 0 Å². The highest BCUT2D eigenvalue weighted by atomic mass is 79.9. The summed E-state index contributed by atoms with van der Waals surface area (Å²) in [5.41, 5.74) is 3.29. The zero-order chi connectivity index (χ0) is 11.5. The molecule has 0 aliphatic rings. The van der Waals surface area contributed by atoms with Crippen molar-refractivity contribution in [2.45, 2.75) is 20.4 Å². The fourth-order valence-corrected chi connectivity index (χ4v) is 1.72. The summed E-state index contributed by atoms with van der Waals surface area (Å²) in [5.74, 6) is 0.970. The van der Waals surface area contributed by atoms with E-state index in [2.05, 4.69) is 31.2 Å². The van der Waals surface area contributed by atoms with Gasteiger partial charge in [0.25, 0.3) is 0 Å². The van der Waals surface area contributed by atoms with Crippen LogP contribution in [-0.2, 0) is 6.54 Å². The molecule has 1 aromatic carbocycles. The Morgan fingerprint density at radius 1 is 1.25 bits per heavy atom. The summed E-state index contributed by atoms with van der Waals surface area (Å²) in [7, 11) is 0. The molecular formula is C12H14BrN3. The first-order chi connectivity index (χ1) is 7.65. The summed E-state index contributed by atoms with van der Waals surface area (Å²) in [5, 5.41) is 3.31. The zero-order valence-corrected chi connectivity index (χ0v) is 10.9. The maximum Gasteiger partial charge on any atom is 0.125 e. The molecular weight excluding hydrogens is 266 g/mol. The van der Waals surface area contributed by atoms with Crippen molar-refractivity contribution in [2.24, 2.45) is 0 Å². The molecule has 0 fully saturated rings. The van der Waals surface area contributed by atoms with E-state index in [9.17, 15) is 0 Å². The minimum Gasteiger partial charge on any atom is -0.378 e. The molecule has 0 atom stereocenters. The third kappa shape index (κ3) is 2.64. The first-order valence-electron chi connectivity index (χ1n) is 5.16. The van der Waals surface area contributed by atoms with Gasteiger partial charge in [0.05, 0.1) is 12.2 Å². The Morgan fingerprint density at radius 2 is 1.94 bits per heavy atom. The fourth-order valence-electron chi connectivity index (χ4n) is 1.46. The molecule has 0 aliphatic carbocycles. The normalized spacial score (nSPS) is 10.4. The van der Waals surface area contributed by atoms with Crippen molar-refractivity contribution in [1.82, 2.24) is 9.97 Å². The number of aromatic amines is 1. The van der Waals surface area contributed by atoms with Crippen LogP contribution in [0.25, 0.3) is 0 Å². The molecule has 16 heavy (non-hydrogen) atoms. The Bertz CT molecular complexity index is 454. The second kappa shape index (κ2) is 4.70. The molecule has 0 radical (unpaired) electrons. The van der Waals surface area contributed by atoms with Crippen molar-refractivity contribution in [3.8, 4) is 0 Å². The molecule has 0 saturated heterocycles. The van der Waals surface area contributed by atoms with Crippen LogP contribution < -0.4 is 5.32 Å². The van der Waals surface area contributed by atoms with Gasteiger partial charge in [-0.1, -0.05) is 15.9 Å². The van der Waals surface area contributed by atoms with E-state index in [0.717, 1.165) is 33.9 Å². The van der Waals surface area contributed by atoms with E-state index >= 15 is 0 Å². The van der Waals surface area contributed by atoms with Crippen LogP contribution >= 0.6 is 15.9 Å². The number of aromatic nitrogens is 2. The van der Waals surface area contributed by atoms with E-state index in [-0.39, 0.29) is 0 Å². The van der Waals surface area contributed by atoms with Gasteiger partial charge in [-0.25, -0.2) is 4.98 Å². The van der Waals surface area contributed by atoms with Crippen LogP contribution in [0.4, 0.5) is 5.69 Å². The van der Waals surface area contributed by atoms with Crippen molar-refractivity contribution in [1.29, 1.82) is 0 Å². The summed E-state index contributed by atoms with van der Waals surface area (Å²) in [6, 6.07) is 8.10. The third-order valence-corrected chi connectivity index (χ3v) is 3.01. The summed E-state index contributed by atoms with van der Waals surface area (Å²) in [4.78, 5) is 7.66. The van der Waals surface area contributed by atoms with E-state index in [1.54, 1.807) is 0 Å².